The molecule has 0 saturated carbocycles. The average Bonchev–Trinajstić information content (AvgIpc) is 3.28. The van der Waals surface area contributed by atoms with Gasteiger partial charge in [0.05, 0.1) is 6.26 Å². The third-order valence-electron chi connectivity index (χ3n) is 5.01. The van der Waals surface area contributed by atoms with E-state index in [9.17, 15) is 23.2 Å². The Morgan fingerprint density at radius 1 is 1.00 bits per heavy atom. The first-order valence-electron chi connectivity index (χ1n) is 9.65. The number of furan rings is 1. The Kier molecular flexibility index (Phi) is 6.49. The van der Waals surface area contributed by atoms with Crippen molar-refractivity contribution in [2.75, 3.05) is 26.2 Å². The molecule has 0 spiro atoms. The molecule has 3 amide bonds. The number of hydrogen-bond acceptors (Lipinski definition) is 4. The summed E-state index contributed by atoms with van der Waals surface area (Å²) in [7, 11) is 0. The molecule has 1 atom stereocenters. The van der Waals surface area contributed by atoms with Crippen LogP contribution in [0, 0.1) is 17.6 Å². The zero-order valence-electron chi connectivity index (χ0n) is 16.7. The van der Waals surface area contributed by atoms with Gasteiger partial charge in [0.25, 0.3) is 11.8 Å². The van der Waals surface area contributed by atoms with E-state index < -0.39 is 29.5 Å². The Morgan fingerprint density at radius 3 is 2.23 bits per heavy atom. The van der Waals surface area contributed by atoms with Crippen molar-refractivity contribution in [2.24, 2.45) is 5.92 Å². The lowest BCUT2D eigenvalue weighted by Gasteiger charge is -2.37. The van der Waals surface area contributed by atoms with Crippen molar-refractivity contribution < 1.29 is 27.6 Å². The van der Waals surface area contributed by atoms with Gasteiger partial charge in [0.2, 0.25) is 5.91 Å². The minimum atomic E-state index is -1.08. The normalized spacial score (nSPS) is 15.2. The number of carbonyl (C=O) groups excluding carboxylic acids is 3. The molecular formula is C21H23F2N3O4. The van der Waals surface area contributed by atoms with Gasteiger partial charge in [-0.3, -0.25) is 14.4 Å². The molecule has 2 heterocycles. The van der Waals surface area contributed by atoms with Gasteiger partial charge in [-0.1, -0.05) is 13.8 Å². The summed E-state index contributed by atoms with van der Waals surface area (Å²) in [4.78, 5) is 40.8. The second kappa shape index (κ2) is 9.06. The molecule has 1 N–H and O–H groups in total. The van der Waals surface area contributed by atoms with E-state index >= 15 is 0 Å². The van der Waals surface area contributed by atoms with E-state index in [-0.39, 0.29) is 49.3 Å². The molecule has 30 heavy (non-hydrogen) atoms. The fourth-order valence-corrected chi connectivity index (χ4v) is 3.27. The molecule has 0 radical (unpaired) electrons. The van der Waals surface area contributed by atoms with Gasteiger partial charge in [-0.05, 0) is 36.2 Å². The fourth-order valence-electron chi connectivity index (χ4n) is 3.27. The van der Waals surface area contributed by atoms with Crippen LogP contribution in [0.25, 0.3) is 0 Å². The summed E-state index contributed by atoms with van der Waals surface area (Å²) in [6.07, 6.45) is 1.38. The lowest BCUT2D eigenvalue weighted by molar-refractivity contribution is -0.135. The lowest BCUT2D eigenvalue weighted by atomic mass is 10.0. The van der Waals surface area contributed by atoms with Crippen molar-refractivity contribution >= 4 is 17.7 Å². The molecule has 2 aromatic rings. The number of nitrogens with one attached hydrogen (secondary N) is 1. The Hall–Kier alpha value is -3.23. The number of nitrogens with zero attached hydrogens (tertiary/aromatic N) is 2. The number of rotatable bonds is 5. The van der Waals surface area contributed by atoms with Crippen LogP contribution in [0.1, 0.15) is 34.8 Å². The van der Waals surface area contributed by atoms with E-state index in [1.165, 1.54) is 23.3 Å². The standard InChI is InChI=1S/C21H23F2N3O4/c1-13(2)18(24-19(27)17-4-3-11-30-17)21(29)26-9-7-25(8-10-26)20(28)14-5-6-15(22)16(23)12-14/h3-6,11-13,18H,7-10H2,1-2H3,(H,24,27). The number of carbonyl (C=O) groups is 3. The number of piperazine rings is 1. The van der Waals surface area contributed by atoms with E-state index in [1.807, 2.05) is 13.8 Å². The van der Waals surface area contributed by atoms with Gasteiger partial charge in [0, 0.05) is 31.7 Å². The van der Waals surface area contributed by atoms with Crippen molar-refractivity contribution in [3.63, 3.8) is 0 Å². The molecule has 1 unspecified atom stereocenters. The largest absolute Gasteiger partial charge is 0.459 e. The molecule has 1 aromatic heterocycles. The van der Waals surface area contributed by atoms with Crippen molar-refractivity contribution in [2.45, 2.75) is 19.9 Å². The molecule has 1 aromatic carbocycles. The summed E-state index contributed by atoms with van der Waals surface area (Å²) in [5.41, 5.74) is 0.0550. The second-order valence-electron chi connectivity index (χ2n) is 7.42. The van der Waals surface area contributed by atoms with E-state index in [4.69, 9.17) is 4.42 Å². The topological polar surface area (TPSA) is 82.9 Å². The van der Waals surface area contributed by atoms with Crippen molar-refractivity contribution in [3.8, 4) is 0 Å². The summed E-state index contributed by atoms with van der Waals surface area (Å²) in [6, 6.07) is 5.38. The van der Waals surface area contributed by atoms with Crippen LogP contribution >= 0.6 is 0 Å². The van der Waals surface area contributed by atoms with E-state index in [0.29, 0.717) is 0 Å². The van der Waals surface area contributed by atoms with Gasteiger partial charge < -0.3 is 19.5 Å². The third kappa shape index (κ3) is 4.67. The van der Waals surface area contributed by atoms with Crippen molar-refractivity contribution in [1.82, 2.24) is 15.1 Å². The van der Waals surface area contributed by atoms with E-state index in [1.54, 1.807) is 11.0 Å². The molecule has 1 fully saturated rings. The maximum Gasteiger partial charge on any atom is 0.287 e. The summed E-state index contributed by atoms with van der Waals surface area (Å²) >= 11 is 0. The number of hydrogen-bond donors (Lipinski definition) is 1. The third-order valence-corrected chi connectivity index (χ3v) is 5.01. The van der Waals surface area contributed by atoms with Gasteiger partial charge in [-0.2, -0.15) is 0 Å². The zero-order valence-corrected chi connectivity index (χ0v) is 16.7. The molecule has 1 aliphatic heterocycles. The molecule has 0 aliphatic carbocycles. The van der Waals surface area contributed by atoms with Gasteiger partial charge in [0.15, 0.2) is 17.4 Å². The van der Waals surface area contributed by atoms with Crippen LogP contribution in [0.4, 0.5) is 8.78 Å². The van der Waals surface area contributed by atoms with Gasteiger partial charge in [-0.15, -0.1) is 0 Å². The highest BCUT2D eigenvalue weighted by molar-refractivity contribution is 5.96. The Labute approximate surface area is 172 Å². The summed E-state index contributed by atoms with van der Waals surface area (Å²) < 4.78 is 31.6. The molecule has 1 saturated heterocycles. The van der Waals surface area contributed by atoms with Gasteiger partial charge >= 0.3 is 0 Å². The summed E-state index contributed by atoms with van der Waals surface area (Å²) in [5, 5.41) is 2.71. The smallest absolute Gasteiger partial charge is 0.287 e. The summed E-state index contributed by atoms with van der Waals surface area (Å²) in [5.74, 6) is -3.27. The summed E-state index contributed by atoms with van der Waals surface area (Å²) in [6.45, 7) is 4.70. The second-order valence-corrected chi connectivity index (χ2v) is 7.42. The molecule has 9 heteroatoms. The van der Waals surface area contributed by atoms with Crippen LogP contribution in [0.5, 0.6) is 0 Å². The molecule has 7 nitrogen and oxygen atoms in total. The monoisotopic (exact) mass is 419 g/mol. The molecule has 160 valence electrons. The predicted octanol–water partition coefficient (Wildman–Crippen LogP) is 2.30. The first-order valence-corrected chi connectivity index (χ1v) is 9.65. The number of benzene rings is 1. The highest BCUT2D eigenvalue weighted by Crippen LogP contribution is 2.15. The minimum Gasteiger partial charge on any atom is -0.459 e. The zero-order chi connectivity index (χ0) is 21.8. The van der Waals surface area contributed by atoms with Gasteiger partial charge in [0.1, 0.15) is 6.04 Å². The lowest BCUT2D eigenvalue weighted by Crippen LogP contribution is -2.57. The SMILES string of the molecule is CC(C)C(NC(=O)c1ccco1)C(=O)N1CCN(C(=O)c2ccc(F)c(F)c2)CC1. The highest BCUT2D eigenvalue weighted by atomic mass is 19.2. The maximum atomic E-state index is 13.4. The van der Waals surface area contributed by atoms with Crippen molar-refractivity contribution in [1.29, 1.82) is 0 Å². The first-order chi connectivity index (χ1) is 14.3. The van der Waals surface area contributed by atoms with Crippen LogP contribution in [-0.2, 0) is 4.79 Å². The van der Waals surface area contributed by atoms with Crippen LogP contribution in [0.3, 0.4) is 0 Å². The number of amides is 3. The first kappa shape index (κ1) is 21.5. The Bertz CT molecular complexity index is 922. The fraction of sp³-hybridized carbons (Fsp3) is 0.381. The highest BCUT2D eigenvalue weighted by Gasteiger charge is 2.32. The maximum absolute atomic E-state index is 13.4. The van der Waals surface area contributed by atoms with Crippen LogP contribution in [0.2, 0.25) is 0 Å². The Balaban J connectivity index is 1.61. The van der Waals surface area contributed by atoms with E-state index in [2.05, 4.69) is 5.32 Å². The number of halogens is 2. The Morgan fingerprint density at radius 2 is 1.67 bits per heavy atom. The minimum absolute atomic E-state index is 0.0550. The predicted molar refractivity (Wildman–Crippen MR) is 104 cm³/mol. The molecule has 3 rings (SSSR count). The molecule has 1 aliphatic rings. The quantitative estimate of drug-likeness (QED) is 0.806. The molecule has 0 bridgehead atoms. The molecular weight excluding hydrogens is 396 g/mol. The van der Waals surface area contributed by atoms with Crippen LogP contribution in [0.15, 0.2) is 41.0 Å². The van der Waals surface area contributed by atoms with Gasteiger partial charge in [-0.25, -0.2) is 8.78 Å². The van der Waals surface area contributed by atoms with Crippen LogP contribution in [-0.4, -0.2) is 59.7 Å². The van der Waals surface area contributed by atoms with Crippen LogP contribution < -0.4 is 5.32 Å². The van der Waals surface area contributed by atoms with E-state index in [0.717, 1.165) is 12.1 Å². The van der Waals surface area contributed by atoms with Crippen molar-refractivity contribution in [3.05, 3.63) is 59.6 Å². The average molecular weight is 419 g/mol.